The molecule has 3 rings (SSSR count). The van der Waals surface area contributed by atoms with Gasteiger partial charge in [-0.25, -0.2) is 4.79 Å². The average Bonchev–Trinajstić information content (AvgIpc) is 2.85. The molecule has 1 heterocycles. The number of aliphatic hydroxyl groups excluding tert-OH is 1. The van der Waals surface area contributed by atoms with Gasteiger partial charge in [0.15, 0.2) is 0 Å². The Labute approximate surface area is 209 Å². The number of hydrogen-bond donors (Lipinski definition) is 2. The van der Waals surface area contributed by atoms with Gasteiger partial charge in [-0.2, -0.15) is 0 Å². The summed E-state index contributed by atoms with van der Waals surface area (Å²) in [6, 6.07) is 8.24. The normalized spacial score (nSPS) is 19.1. The highest BCUT2D eigenvalue weighted by Gasteiger charge is 2.27. The number of piperidine rings is 1. The van der Waals surface area contributed by atoms with Crippen molar-refractivity contribution in [1.82, 2.24) is 10.2 Å². The zero-order chi connectivity index (χ0) is 25.3. The zero-order valence-electron chi connectivity index (χ0n) is 21.6. The van der Waals surface area contributed by atoms with E-state index in [0.29, 0.717) is 32.2 Å². The largest absolute Gasteiger partial charge is 0.493 e. The quantitative estimate of drug-likeness (QED) is 0.490. The van der Waals surface area contributed by atoms with Crippen molar-refractivity contribution in [1.29, 1.82) is 0 Å². The van der Waals surface area contributed by atoms with Crippen LogP contribution in [-0.4, -0.2) is 60.5 Å². The average molecular weight is 487 g/mol. The van der Waals surface area contributed by atoms with Crippen LogP contribution in [0.4, 0.5) is 4.79 Å². The van der Waals surface area contributed by atoms with Gasteiger partial charge in [0.1, 0.15) is 11.4 Å². The summed E-state index contributed by atoms with van der Waals surface area (Å²) in [7, 11) is 0. The van der Waals surface area contributed by atoms with Crippen LogP contribution in [0.5, 0.6) is 5.75 Å². The monoisotopic (exact) mass is 486 g/mol. The Balaban J connectivity index is 1.39. The number of carbonyl (C=O) groups is 2. The third kappa shape index (κ3) is 8.88. The second kappa shape index (κ2) is 13.0. The molecular formula is C28H42N2O5. The van der Waals surface area contributed by atoms with E-state index in [1.807, 2.05) is 32.9 Å². The van der Waals surface area contributed by atoms with Crippen molar-refractivity contribution in [2.75, 3.05) is 32.8 Å². The molecule has 1 aliphatic heterocycles. The molecule has 7 nitrogen and oxygen atoms in total. The summed E-state index contributed by atoms with van der Waals surface area (Å²) in [5.41, 5.74) is 2.01. The van der Waals surface area contributed by atoms with Crippen molar-refractivity contribution < 1.29 is 24.2 Å². The molecule has 0 radical (unpaired) electrons. The molecule has 2 N–H and O–H groups in total. The summed E-state index contributed by atoms with van der Waals surface area (Å²) in [4.78, 5) is 26.3. The molecule has 0 aromatic heterocycles. The Morgan fingerprint density at radius 1 is 1.09 bits per heavy atom. The van der Waals surface area contributed by atoms with Gasteiger partial charge in [-0.1, -0.05) is 18.2 Å². The molecule has 1 fully saturated rings. The lowest BCUT2D eigenvalue weighted by Crippen LogP contribution is -2.42. The summed E-state index contributed by atoms with van der Waals surface area (Å²) in [6.07, 6.45) is 7.85. The van der Waals surface area contributed by atoms with Gasteiger partial charge < -0.3 is 24.8 Å². The molecule has 1 atom stereocenters. The SMILES string of the molecule is CC(C)(C)OC(=O)N1CCC(COc2ccc(C3=CCC(C(=O)NCCCCO)CC3)cc2)CC1. The van der Waals surface area contributed by atoms with Crippen LogP contribution in [0.15, 0.2) is 30.3 Å². The maximum absolute atomic E-state index is 12.3. The zero-order valence-corrected chi connectivity index (χ0v) is 21.6. The predicted molar refractivity (Wildman–Crippen MR) is 137 cm³/mol. The van der Waals surface area contributed by atoms with Crippen LogP contribution < -0.4 is 10.1 Å². The standard InChI is InChI=1S/C28H42N2O5/c1-28(2,3)35-27(33)30-17-14-21(15-18-30)20-34-25-12-10-23(11-13-25)22-6-8-24(9-7-22)26(32)29-16-4-5-19-31/h6,10-13,21,24,31H,4-5,7-9,14-20H2,1-3H3,(H,29,32). The van der Waals surface area contributed by atoms with Crippen molar-refractivity contribution in [2.45, 2.75) is 71.3 Å². The van der Waals surface area contributed by atoms with Crippen LogP contribution in [0.3, 0.4) is 0 Å². The minimum atomic E-state index is -0.464. The number of likely N-dealkylation sites (tertiary alicyclic amines) is 1. The van der Waals surface area contributed by atoms with E-state index >= 15 is 0 Å². The van der Waals surface area contributed by atoms with Crippen molar-refractivity contribution in [3.8, 4) is 5.75 Å². The van der Waals surface area contributed by atoms with Crippen molar-refractivity contribution >= 4 is 17.6 Å². The number of aliphatic hydroxyl groups is 1. The van der Waals surface area contributed by atoms with Gasteiger partial charge in [0.25, 0.3) is 0 Å². The van der Waals surface area contributed by atoms with Crippen molar-refractivity contribution in [3.63, 3.8) is 0 Å². The highest BCUT2D eigenvalue weighted by atomic mass is 16.6. The summed E-state index contributed by atoms with van der Waals surface area (Å²) in [5, 5.41) is 11.8. The Morgan fingerprint density at radius 3 is 2.40 bits per heavy atom. The fourth-order valence-corrected chi connectivity index (χ4v) is 4.52. The number of amides is 2. The Bertz CT molecular complexity index is 851. The van der Waals surface area contributed by atoms with E-state index in [4.69, 9.17) is 14.6 Å². The number of allylic oxidation sites excluding steroid dienone is 2. The van der Waals surface area contributed by atoms with Crippen molar-refractivity contribution in [2.24, 2.45) is 11.8 Å². The molecule has 7 heteroatoms. The van der Waals surface area contributed by atoms with Gasteiger partial charge in [-0.3, -0.25) is 4.79 Å². The molecule has 0 saturated carbocycles. The first-order valence-corrected chi connectivity index (χ1v) is 13.0. The number of nitrogens with zero attached hydrogens (tertiary/aromatic N) is 1. The number of hydrogen-bond acceptors (Lipinski definition) is 5. The summed E-state index contributed by atoms with van der Waals surface area (Å²) < 4.78 is 11.5. The Kier molecular flexibility index (Phi) is 10.0. The first-order valence-electron chi connectivity index (χ1n) is 13.0. The van der Waals surface area contributed by atoms with Gasteiger partial charge in [0, 0.05) is 32.2 Å². The maximum atomic E-state index is 12.3. The van der Waals surface area contributed by atoms with Gasteiger partial charge in [0.2, 0.25) is 5.91 Å². The molecular weight excluding hydrogens is 444 g/mol. The number of carbonyl (C=O) groups excluding carboxylic acids is 2. The lowest BCUT2D eigenvalue weighted by Gasteiger charge is -2.33. The van der Waals surface area contributed by atoms with Crippen LogP contribution in [0.25, 0.3) is 5.57 Å². The third-order valence-corrected chi connectivity index (χ3v) is 6.64. The van der Waals surface area contributed by atoms with E-state index in [-0.39, 0.29) is 24.5 Å². The first kappa shape index (κ1) is 27.1. The van der Waals surface area contributed by atoms with Gasteiger partial charge in [0.05, 0.1) is 6.61 Å². The first-order chi connectivity index (χ1) is 16.7. The molecule has 1 saturated heterocycles. The number of unbranched alkanes of at least 4 members (excludes halogenated alkanes) is 1. The van der Waals surface area contributed by atoms with Crippen LogP contribution in [0, 0.1) is 11.8 Å². The van der Waals surface area contributed by atoms with Crippen LogP contribution in [0.2, 0.25) is 0 Å². The number of nitrogens with one attached hydrogen (secondary N) is 1. The van der Waals surface area contributed by atoms with Gasteiger partial charge in [-0.05, 0) is 94.9 Å². The minimum absolute atomic E-state index is 0.0391. The number of rotatable bonds is 9. The van der Waals surface area contributed by atoms with E-state index in [9.17, 15) is 9.59 Å². The van der Waals surface area contributed by atoms with E-state index in [1.165, 1.54) is 11.1 Å². The molecule has 1 unspecified atom stereocenters. The smallest absolute Gasteiger partial charge is 0.410 e. The number of benzene rings is 1. The molecule has 2 aliphatic rings. The van der Waals surface area contributed by atoms with Crippen molar-refractivity contribution in [3.05, 3.63) is 35.9 Å². The minimum Gasteiger partial charge on any atom is -0.493 e. The second-order valence-corrected chi connectivity index (χ2v) is 10.7. The highest BCUT2D eigenvalue weighted by Crippen LogP contribution is 2.31. The Hall–Kier alpha value is -2.54. The second-order valence-electron chi connectivity index (χ2n) is 10.7. The predicted octanol–water partition coefficient (Wildman–Crippen LogP) is 4.78. The fourth-order valence-electron chi connectivity index (χ4n) is 4.52. The fraction of sp³-hybridized carbons (Fsp3) is 0.643. The van der Waals surface area contributed by atoms with E-state index in [0.717, 1.165) is 50.7 Å². The molecule has 1 aromatic rings. The summed E-state index contributed by atoms with van der Waals surface area (Å²) >= 11 is 0. The molecule has 194 valence electrons. The topological polar surface area (TPSA) is 88.1 Å². The lowest BCUT2D eigenvalue weighted by atomic mass is 9.86. The van der Waals surface area contributed by atoms with Crippen LogP contribution in [0.1, 0.15) is 71.3 Å². The van der Waals surface area contributed by atoms with E-state index in [1.54, 1.807) is 4.90 Å². The maximum Gasteiger partial charge on any atom is 0.410 e. The van der Waals surface area contributed by atoms with E-state index in [2.05, 4.69) is 23.5 Å². The summed E-state index contributed by atoms with van der Waals surface area (Å²) in [6.45, 7) is 8.54. The molecule has 0 bridgehead atoms. The third-order valence-electron chi connectivity index (χ3n) is 6.64. The number of ether oxygens (including phenoxy) is 2. The molecule has 2 amide bonds. The molecule has 1 aromatic carbocycles. The molecule has 35 heavy (non-hydrogen) atoms. The lowest BCUT2D eigenvalue weighted by molar-refractivity contribution is -0.125. The van der Waals surface area contributed by atoms with Gasteiger partial charge >= 0.3 is 6.09 Å². The molecule has 1 aliphatic carbocycles. The van der Waals surface area contributed by atoms with Crippen LogP contribution >= 0.6 is 0 Å². The van der Waals surface area contributed by atoms with Crippen LogP contribution in [-0.2, 0) is 9.53 Å². The van der Waals surface area contributed by atoms with E-state index < -0.39 is 5.60 Å². The van der Waals surface area contributed by atoms with Gasteiger partial charge in [-0.15, -0.1) is 0 Å². The summed E-state index contributed by atoms with van der Waals surface area (Å²) in [5.74, 6) is 1.46. The Morgan fingerprint density at radius 2 is 1.80 bits per heavy atom. The highest BCUT2D eigenvalue weighted by molar-refractivity contribution is 5.80. The molecule has 0 spiro atoms.